The van der Waals surface area contributed by atoms with E-state index in [0.717, 1.165) is 17.7 Å². The van der Waals surface area contributed by atoms with Crippen molar-refractivity contribution in [2.24, 2.45) is 0 Å². The van der Waals surface area contributed by atoms with E-state index in [1.807, 2.05) is 37.3 Å². The second-order valence-electron chi connectivity index (χ2n) is 7.44. The van der Waals surface area contributed by atoms with Crippen LogP contribution in [0.3, 0.4) is 0 Å². The molecule has 1 amide bonds. The van der Waals surface area contributed by atoms with Crippen molar-refractivity contribution in [2.75, 3.05) is 0 Å². The summed E-state index contributed by atoms with van der Waals surface area (Å²) in [6.07, 6.45) is -4.50. The number of hydrogen-bond donors (Lipinski definition) is 2. The Morgan fingerprint density at radius 2 is 1.72 bits per heavy atom. The van der Waals surface area contributed by atoms with Gasteiger partial charge in [0.05, 0.1) is 28.4 Å². The number of amides is 1. The molecule has 7 heteroatoms. The van der Waals surface area contributed by atoms with Gasteiger partial charge in [-0.2, -0.15) is 13.2 Å². The molecule has 32 heavy (non-hydrogen) atoms. The van der Waals surface area contributed by atoms with Crippen LogP contribution in [0.4, 0.5) is 13.2 Å². The molecule has 0 radical (unpaired) electrons. The average Bonchev–Trinajstić information content (AvgIpc) is 2.78. The Bertz CT molecular complexity index is 1290. The van der Waals surface area contributed by atoms with Crippen LogP contribution in [0.1, 0.15) is 34.5 Å². The van der Waals surface area contributed by atoms with E-state index in [1.54, 1.807) is 0 Å². The van der Waals surface area contributed by atoms with Crippen molar-refractivity contribution in [3.8, 4) is 17.0 Å². The molecule has 0 saturated heterocycles. The molecule has 4 aromatic rings. The molecular weight excluding hydrogens is 417 g/mol. The monoisotopic (exact) mass is 436 g/mol. The highest BCUT2D eigenvalue weighted by molar-refractivity contribution is 6.07. The van der Waals surface area contributed by atoms with Crippen molar-refractivity contribution in [1.29, 1.82) is 0 Å². The fraction of sp³-hybridized carbons (Fsp3) is 0.120. The summed E-state index contributed by atoms with van der Waals surface area (Å²) in [7, 11) is 0. The van der Waals surface area contributed by atoms with E-state index < -0.39 is 17.6 Å². The number of fused-ring (bicyclic) bond motifs is 1. The van der Waals surface area contributed by atoms with Crippen LogP contribution in [-0.2, 0) is 6.18 Å². The van der Waals surface area contributed by atoms with Crippen LogP contribution >= 0.6 is 0 Å². The Hall–Kier alpha value is -3.87. The second kappa shape index (κ2) is 8.34. The largest absolute Gasteiger partial charge is 0.508 e. The molecule has 2 N–H and O–H groups in total. The molecule has 0 aliphatic rings. The van der Waals surface area contributed by atoms with Gasteiger partial charge in [-0.1, -0.05) is 42.5 Å². The molecule has 1 aromatic heterocycles. The SMILES string of the molecule is C[C@H](NC(=O)c1cc(-c2cccc(C(F)(F)F)c2)nc2ccc(O)cc12)c1ccccc1. The number of nitrogens with zero attached hydrogens (tertiary/aromatic N) is 1. The normalized spacial score (nSPS) is 12.5. The zero-order valence-electron chi connectivity index (χ0n) is 17.0. The first-order chi connectivity index (χ1) is 15.2. The molecule has 0 fully saturated rings. The van der Waals surface area contributed by atoms with Crippen LogP contribution in [0, 0.1) is 0 Å². The Morgan fingerprint density at radius 3 is 2.44 bits per heavy atom. The van der Waals surface area contributed by atoms with Gasteiger partial charge >= 0.3 is 6.18 Å². The lowest BCUT2D eigenvalue weighted by atomic mass is 10.0. The highest BCUT2D eigenvalue weighted by Crippen LogP contribution is 2.33. The molecule has 4 nitrogen and oxygen atoms in total. The van der Waals surface area contributed by atoms with Gasteiger partial charge in [-0.15, -0.1) is 0 Å². The third kappa shape index (κ3) is 4.42. The summed E-state index contributed by atoms with van der Waals surface area (Å²) >= 11 is 0. The predicted octanol–water partition coefficient (Wildman–Crippen LogP) is 6.12. The maximum absolute atomic E-state index is 13.2. The second-order valence-corrected chi connectivity index (χ2v) is 7.44. The lowest BCUT2D eigenvalue weighted by molar-refractivity contribution is -0.137. The number of benzene rings is 3. The Kier molecular flexibility index (Phi) is 5.57. The van der Waals surface area contributed by atoms with Gasteiger partial charge in [0.1, 0.15) is 5.75 Å². The number of halogens is 3. The minimum absolute atomic E-state index is 0.0451. The zero-order valence-corrected chi connectivity index (χ0v) is 17.0. The number of rotatable bonds is 4. The summed E-state index contributed by atoms with van der Waals surface area (Å²) in [5.41, 5.74) is 1.16. The highest BCUT2D eigenvalue weighted by Gasteiger charge is 2.30. The lowest BCUT2D eigenvalue weighted by Crippen LogP contribution is -2.27. The Morgan fingerprint density at radius 1 is 0.969 bits per heavy atom. The quantitative estimate of drug-likeness (QED) is 0.405. The molecule has 1 atom stereocenters. The summed E-state index contributed by atoms with van der Waals surface area (Å²) in [6, 6.07) is 19.7. The van der Waals surface area contributed by atoms with Crippen LogP contribution in [0.25, 0.3) is 22.2 Å². The van der Waals surface area contributed by atoms with Crippen molar-refractivity contribution < 1.29 is 23.1 Å². The summed E-state index contributed by atoms with van der Waals surface area (Å²) in [5.74, 6) is -0.469. The van der Waals surface area contributed by atoms with Crippen molar-refractivity contribution in [3.63, 3.8) is 0 Å². The number of phenols is 1. The summed E-state index contributed by atoms with van der Waals surface area (Å²) in [6.45, 7) is 1.84. The van der Waals surface area contributed by atoms with Crippen LogP contribution < -0.4 is 5.32 Å². The predicted molar refractivity (Wildman–Crippen MR) is 116 cm³/mol. The van der Waals surface area contributed by atoms with Crippen molar-refractivity contribution in [1.82, 2.24) is 10.3 Å². The molecule has 3 aromatic carbocycles. The van der Waals surface area contributed by atoms with Gasteiger partial charge in [-0.3, -0.25) is 4.79 Å². The third-order valence-electron chi connectivity index (χ3n) is 5.17. The van der Waals surface area contributed by atoms with Crippen LogP contribution in [0.5, 0.6) is 5.75 Å². The van der Waals surface area contributed by atoms with Gasteiger partial charge in [0.15, 0.2) is 0 Å². The fourth-order valence-corrected chi connectivity index (χ4v) is 3.50. The molecule has 0 aliphatic carbocycles. The highest BCUT2D eigenvalue weighted by atomic mass is 19.4. The number of phenolic OH excluding ortho intramolecular Hbond substituents is 1. The number of aromatic hydroxyl groups is 1. The van der Waals surface area contributed by atoms with Gasteiger partial charge in [0.2, 0.25) is 0 Å². The van der Waals surface area contributed by atoms with Crippen LogP contribution in [0.2, 0.25) is 0 Å². The Labute approximate surface area is 182 Å². The fourth-order valence-electron chi connectivity index (χ4n) is 3.50. The molecule has 162 valence electrons. The summed E-state index contributed by atoms with van der Waals surface area (Å²) < 4.78 is 39.5. The lowest BCUT2D eigenvalue weighted by Gasteiger charge is -2.16. The maximum atomic E-state index is 13.2. The van der Waals surface area contributed by atoms with E-state index in [-0.39, 0.29) is 28.6 Å². The molecular formula is C25H19F3N2O2. The van der Waals surface area contributed by atoms with E-state index in [1.165, 1.54) is 36.4 Å². The van der Waals surface area contributed by atoms with Gasteiger partial charge in [0.25, 0.3) is 5.91 Å². The number of aromatic nitrogens is 1. The van der Waals surface area contributed by atoms with Crippen LogP contribution in [0.15, 0.2) is 78.9 Å². The van der Waals surface area contributed by atoms with E-state index in [4.69, 9.17) is 0 Å². The first-order valence-corrected chi connectivity index (χ1v) is 9.89. The summed E-state index contributed by atoms with van der Waals surface area (Å²) in [5, 5.41) is 13.2. The molecule has 0 aliphatic heterocycles. The van der Waals surface area contributed by atoms with Gasteiger partial charge in [0, 0.05) is 10.9 Å². The number of alkyl halides is 3. The third-order valence-corrected chi connectivity index (χ3v) is 5.17. The smallest absolute Gasteiger partial charge is 0.416 e. The number of hydrogen-bond acceptors (Lipinski definition) is 3. The topological polar surface area (TPSA) is 62.2 Å². The number of nitrogens with one attached hydrogen (secondary N) is 1. The van der Waals surface area contributed by atoms with Crippen LogP contribution in [-0.4, -0.2) is 16.0 Å². The van der Waals surface area contributed by atoms with Crippen molar-refractivity contribution >= 4 is 16.8 Å². The minimum Gasteiger partial charge on any atom is -0.508 e. The van der Waals surface area contributed by atoms with E-state index in [0.29, 0.717) is 10.9 Å². The number of carbonyl (C=O) groups excluding carboxylic acids is 1. The Balaban J connectivity index is 1.79. The molecule has 0 bridgehead atoms. The van der Waals surface area contributed by atoms with Crippen molar-refractivity contribution in [2.45, 2.75) is 19.1 Å². The van der Waals surface area contributed by atoms with E-state index in [2.05, 4.69) is 10.3 Å². The molecule has 1 heterocycles. The standard InChI is InChI=1S/C25H19F3N2O2/c1-15(16-6-3-2-4-7-16)29-24(32)21-14-23(30-22-11-10-19(31)13-20(21)22)17-8-5-9-18(12-17)25(26,27)28/h2-15,31H,1H3,(H,29,32)/t15-/m0/s1. The number of carbonyl (C=O) groups is 1. The van der Waals surface area contributed by atoms with Gasteiger partial charge in [-0.05, 0) is 48.9 Å². The molecule has 4 rings (SSSR count). The molecule has 0 saturated carbocycles. The molecule has 0 spiro atoms. The average molecular weight is 436 g/mol. The molecule has 0 unspecified atom stereocenters. The van der Waals surface area contributed by atoms with Gasteiger partial charge in [-0.25, -0.2) is 4.98 Å². The minimum atomic E-state index is -4.50. The number of pyridine rings is 1. The van der Waals surface area contributed by atoms with Crippen molar-refractivity contribution in [3.05, 3.63) is 95.6 Å². The maximum Gasteiger partial charge on any atom is 0.416 e. The first-order valence-electron chi connectivity index (χ1n) is 9.89. The zero-order chi connectivity index (χ0) is 22.9. The summed E-state index contributed by atoms with van der Waals surface area (Å²) in [4.78, 5) is 17.6. The first kappa shape index (κ1) is 21.4. The van der Waals surface area contributed by atoms with E-state index >= 15 is 0 Å². The van der Waals surface area contributed by atoms with E-state index in [9.17, 15) is 23.1 Å². The van der Waals surface area contributed by atoms with Gasteiger partial charge < -0.3 is 10.4 Å².